The van der Waals surface area contributed by atoms with Crippen molar-refractivity contribution in [3.05, 3.63) is 52.0 Å². The van der Waals surface area contributed by atoms with Gasteiger partial charge in [0.1, 0.15) is 23.5 Å². The summed E-state index contributed by atoms with van der Waals surface area (Å²) in [6, 6.07) is 7.93. The highest BCUT2D eigenvalue weighted by Gasteiger charge is 2.09. The number of nitrogens with two attached hydrogens (primary N) is 1. The summed E-state index contributed by atoms with van der Waals surface area (Å²) in [4.78, 5) is 0. The molecule has 0 radical (unpaired) electrons. The van der Waals surface area contributed by atoms with Gasteiger partial charge in [0, 0.05) is 18.2 Å². The van der Waals surface area contributed by atoms with Gasteiger partial charge in [-0.3, -0.25) is 0 Å². The van der Waals surface area contributed by atoms with E-state index in [0.29, 0.717) is 0 Å². The van der Waals surface area contributed by atoms with Gasteiger partial charge in [-0.1, -0.05) is 0 Å². The van der Waals surface area contributed by atoms with E-state index in [1.165, 1.54) is 18.2 Å². The van der Waals surface area contributed by atoms with E-state index in [4.69, 9.17) is 15.7 Å². The molecule has 0 aliphatic rings. The molecule has 0 atom stereocenters. The molecular weight excluding hydrogens is 318 g/mol. The molecule has 0 spiro atoms. The standard InChI is InChI=1S/C13H7BrF2N2O/c14-9-4-13(12(18)5-11(9)16)19-8-2-1-7(6-17)10(15)3-8/h1-5H,18H2. The Morgan fingerprint density at radius 1 is 1.16 bits per heavy atom. The zero-order valence-corrected chi connectivity index (χ0v) is 11.0. The van der Waals surface area contributed by atoms with Gasteiger partial charge >= 0.3 is 0 Å². The second kappa shape index (κ2) is 5.24. The van der Waals surface area contributed by atoms with E-state index in [1.807, 2.05) is 0 Å². The van der Waals surface area contributed by atoms with Gasteiger partial charge in [-0.2, -0.15) is 5.26 Å². The number of nitriles is 1. The fourth-order valence-corrected chi connectivity index (χ4v) is 1.73. The van der Waals surface area contributed by atoms with Gasteiger partial charge in [-0.25, -0.2) is 8.78 Å². The monoisotopic (exact) mass is 324 g/mol. The van der Waals surface area contributed by atoms with Gasteiger partial charge in [0.15, 0.2) is 5.75 Å². The van der Waals surface area contributed by atoms with Crippen LogP contribution in [0, 0.1) is 23.0 Å². The third-order valence-corrected chi connectivity index (χ3v) is 2.95. The Balaban J connectivity index is 2.34. The van der Waals surface area contributed by atoms with Gasteiger partial charge in [0.05, 0.1) is 15.7 Å². The molecule has 0 saturated carbocycles. The number of nitrogen functional groups attached to an aromatic ring is 1. The van der Waals surface area contributed by atoms with Crippen molar-refractivity contribution in [2.45, 2.75) is 0 Å². The van der Waals surface area contributed by atoms with Crippen LogP contribution in [0.2, 0.25) is 0 Å². The van der Waals surface area contributed by atoms with Crippen LogP contribution >= 0.6 is 15.9 Å². The second-order valence-electron chi connectivity index (χ2n) is 3.66. The molecule has 0 heterocycles. The molecule has 0 aliphatic carbocycles. The largest absolute Gasteiger partial charge is 0.455 e. The van der Waals surface area contributed by atoms with Crippen molar-refractivity contribution in [1.82, 2.24) is 0 Å². The lowest BCUT2D eigenvalue weighted by atomic mass is 10.2. The maximum atomic E-state index is 13.4. The molecular formula is C13H7BrF2N2O. The summed E-state index contributed by atoms with van der Waals surface area (Å²) >= 11 is 3.00. The highest BCUT2D eigenvalue weighted by atomic mass is 79.9. The first-order chi connectivity index (χ1) is 9.01. The Morgan fingerprint density at radius 2 is 1.89 bits per heavy atom. The lowest BCUT2D eigenvalue weighted by Gasteiger charge is -2.09. The molecule has 0 amide bonds. The first kappa shape index (κ1) is 13.3. The number of ether oxygens (including phenoxy) is 1. The predicted octanol–water partition coefficient (Wildman–Crippen LogP) is 3.97. The Morgan fingerprint density at radius 3 is 2.53 bits per heavy atom. The van der Waals surface area contributed by atoms with Crippen molar-refractivity contribution < 1.29 is 13.5 Å². The summed E-state index contributed by atoms with van der Waals surface area (Å²) in [6.45, 7) is 0. The van der Waals surface area contributed by atoms with Gasteiger partial charge in [0.25, 0.3) is 0 Å². The van der Waals surface area contributed by atoms with Crippen molar-refractivity contribution in [3.63, 3.8) is 0 Å². The fourth-order valence-electron chi connectivity index (χ4n) is 1.41. The number of rotatable bonds is 2. The molecule has 3 nitrogen and oxygen atoms in total. The van der Waals surface area contributed by atoms with Crippen molar-refractivity contribution in [1.29, 1.82) is 5.26 Å². The zero-order valence-electron chi connectivity index (χ0n) is 9.45. The summed E-state index contributed by atoms with van der Waals surface area (Å²) in [6.07, 6.45) is 0. The molecule has 2 rings (SSSR count). The fraction of sp³-hybridized carbons (Fsp3) is 0. The number of nitrogens with zero attached hydrogens (tertiary/aromatic N) is 1. The van der Waals surface area contributed by atoms with E-state index in [9.17, 15) is 8.78 Å². The molecule has 0 unspecified atom stereocenters. The minimum absolute atomic E-state index is 0.0828. The first-order valence-corrected chi connectivity index (χ1v) is 5.92. The molecule has 0 bridgehead atoms. The summed E-state index contributed by atoms with van der Waals surface area (Å²) in [5.41, 5.74) is 5.61. The average Bonchev–Trinajstić information content (AvgIpc) is 2.36. The van der Waals surface area contributed by atoms with Crippen molar-refractivity contribution in [2.75, 3.05) is 5.73 Å². The quantitative estimate of drug-likeness (QED) is 0.850. The van der Waals surface area contributed by atoms with Crippen LogP contribution in [0.15, 0.2) is 34.8 Å². The average molecular weight is 325 g/mol. The number of halogens is 3. The number of anilines is 1. The first-order valence-electron chi connectivity index (χ1n) is 5.13. The van der Waals surface area contributed by atoms with E-state index < -0.39 is 11.6 Å². The van der Waals surface area contributed by atoms with E-state index in [0.717, 1.165) is 12.1 Å². The predicted molar refractivity (Wildman–Crippen MR) is 69.7 cm³/mol. The third-order valence-electron chi connectivity index (χ3n) is 2.34. The lowest BCUT2D eigenvalue weighted by Crippen LogP contribution is -1.95. The molecule has 0 saturated heterocycles. The van der Waals surface area contributed by atoms with Gasteiger partial charge in [-0.15, -0.1) is 0 Å². The number of hydrogen-bond acceptors (Lipinski definition) is 3. The summed E-state index contributed by atoms with van der Waals surface area (Å²) in [7, 11) is 0. The van der Waals surface area contributed by atoms with Crippen molar-refractivity contribution >= 4 is 21.6 Å². The van der Waals surface area contributed by atoms with Crippen LogP contribution in [0.3, 0.4) is 0 Å². The van der Waals surface area contributed by atoms with E-state index in [2.05, 4.69) is 15.9 Å². The molecule has 2 aromatic rings. The van der Waals surface area contributed by atoms with Crippen LogP contribution in [0.4, 0.5) is 14.5 Å². The van der Waals surface area contributed by atoms with E-state index in [1.54, 1.807) is 6.07 Å². The van der Waals surface area contributed by atoms with Crippen LogP contribution in [0.1, 0.15) is 5.56 Å². The summed E-state index contributed by atoms with van der Waals surface area (Å²) in [5, 5.41) is 8.61. The van der Waals surface area contributed by atoms with Crippen molar-refractivity contribution in [3.8, 4) is 17.6 Å². The molecule has 0 aliphatic heterocycles. The molecule has 96 valence electrons. The van der Waals surface area contributed by atoms with Crippen molar-refractivity contribution in [2.24, 2.45) is 0 Å². The van der Waals surface area contributed by atoms with Gasteiger partial charge in [0.2, 0.25) is 0 Å². The normalized spacial score (nSPS) is 10.0. The highest BCUT2D eigenvalue weighted by molar-refractivity contribution is 9.10. The van der Waals surface area contributed by atoms with Crippen LogP contribution in [0.5, 0.6) is 11.5 Å². The molecule has 0 aromatic heterocycles. The topological polar surface area (TPSA) is 59.0 Å². The molecule has 19 heavy (non-hydrogen) atoms. The molecule has 0 fully saturated rings. The third kappa shape index (κ3) is 2.83. The van der Waals surface area contributed by atoms with Crippen LogP contribution in [-0.2, 0) is 0 Å². The van der Waals surface area contributed by atoms with Crippen LogP contribution in [-0.4, -0.2) is 0 Å². The maximum Gasteiger partial charge on any atom is 0.151 e. The van der Waals surface area contributed by atoms with Gasteiger partial charge < -0.3 is 10.5 Å². The minimum Gasteiger partial charge on any atom is -0.455 e. The Bertz CT molecular complexity index is 683. The summed E-state index contributed by atoms with van der Waals surface area (Å²) < 4.78 is 32.1. The van der Waals surface area contributed by atoms with Gasteiger partial charge in [-0.05, 0) is 28.1 Å². The Kier molecular flexibility index (Phi) is 3.67. The number of hydrogen-bond donors (Lipinski definition) is 1. The van der Waals surface area contributed by atoms with Crippen LogP contribution < -0.4 is 10.5 Å². The minimum atomic E-state index is -0.695. The second-order valence-corrected chi connectivity index (χ2v) is 4.51. The molecule has 2 aromatic carbocycles. The molecule has 6 heteroatoms. The van der Waals surface area contributed by atoms with E-state index >= 15 is 0 Å². The zero-order chi connectivity index (χ0) is 14.0. The van der Waals surface area contributed by atoms with Crippen LogP contribution in [0.25, 0.3) is 0 Å². The summed E-state index contributed by atoms with van der Waals surface area (Å²) in [5.74, 6) is -0.852. The van der Waals surface area contributed by atoms with E-state index in [-0.39, 0.29) is 27.2 Å². The highest BCUT2D eigenvalue weighted by Crippen LogP contribution is 2.32. The smallest absolute Gasteiger partial charge is 0.151 e. The Hall–Kier alpha value is -2.13. The lowest BCUT2D eigenvalue weighted by molar-refractivity contribution is 0.476. The SMILES string of the molecule is N#Cc1ccc(Oc2cc(Br)c(F)cc2N)cc1F. The maximum absolute atomic E-state index is 13.4. The molecule has 2 N–H and O–H groups in total. The Labute approximate surface area is 116 Å². The number of benzene rings is 2.